The lowest BCUT2D eigenvalue weighted by atomic mass is 9.38. The third-order valence-corrected chi connectivity index (χ3v) is 8.02. The molecule has 1 aromatic rings. The summed E-state index contributed by atoms with van der Waals surface area (Å²) in [5, 5.41) is 0. The lowest BCUT2D eigenvalue weighted by molar-refractivity contribution is -0.195. The zero-order valence-electron chi connectivity index (χ0n) is 15.4. The van der Waals surface area contributed by atoms with Crippen molar-refractivity contribution in [2.45, 2.75) is 30.2 Å². The topological polar surface area (TPSA) is 78.0 Å². The third-order valence-electron chi connectivity index (χ3n) is 8.02. The van der Waals surface area contributed by atoms with Gasteiger partial charge in [0.15, 0.2) is 0 Å². The first-order chi connectivity index (χ1) is 12.8. The maximum atomic E-state index is 13.6. The Kier molecular flexibility index (Phi) is 2.32. The molecule has 0 aromatic heterocycles. The Balaban J connectivity index is 1.73. The van der Waals surface area contributed by atoms with E-state index in [0.717, 1.165) is 17.5 Å². The molecule has 1 aromatic carbocycles. The number of fused-ring (bicyclic) bond motifs is 2. The van der Waals surface area contributed by atoms with Crippen molar-refractivity contribution in [3.63, 3.8) is 0 Å². The molecule has 0 radical (unpaired) electrons. The summed E-state index contributed by atoms with van der Waals surface area (Å²) in [6, 6.07) is 4.72. The molecule has 3 aliphatic carbocycles. The molecule has 7 heteroatoms. The zero-order chi connectivity index (χ0) is 19.0. The number of likely N-dealkylation sites (N-methyl/N-ethyl adjacent to an activating group) is 2. The van der Waals surface area contributed by atoms with Crippen LogP contribution in [-0.2, 0) is 15.0 Å². The molecule has 0 N–H and O–H groups in total. The van der Waals surface area contributed by atoms with Gasteiger partial charge in [-0.25, -0.2) is 4.79 Å². The van der Waals surface area contributed by atoms with Gasteiger partial charge in [-0.05, 0) is 41.9 Å². The Labute approximate surface area is 155 Å². The van der Waals surface area contributed by atoms with Crippen LogP contribution in [-0.4, -0.2) is 65.6 Å². The van der Waals surface area contributed by atoms with Crippen molar-refractivity contribution in [3.8, 4) is 0 Å². The fourth-order valence-electron chi connectivity index (χ4n) is 7.30. The number of nitrogens with zero attached hydrogens (tertiary/aromatic N) is 3. The van der Waals surface area contributed by atoms with Crippen molar-refractivity contribution in [2.24, 2.45) is 11.3 Å². The maximum Gasteiger partial charge on any atom is 0.326 e. The predicted octanol–water partition coefficient (Wildman–Crippen LogP) is 0.936. The Hall–Kier alpha value is -2.70. The van der Waals surface area contributed by atoms with E-state index in [9.17, 15) is 19.2 Å². The van der Waals surface area contributed by atoms with Crippen molar-refractivity contribution in [2.75, 3.05) is 21.1 Å². The predicted molar refractivity (Wildman–Crippen MR) is 92.8 cm³/mol. The van der Waals surface area contributed by atoms with Crippen LogP contribution in [0.15, 0.2) is 18.2 Å². The van der Waals surface area contributed by atoms with Gasteiger partial charge in [-0.15, -0.1) is 0 Å². The van der Waals surface area contributed by atoms with Gasteiger partial charge in [0, 0.05) is 26.7 Å². The standard InChI is InChI=1S/C20H19N3O4/c1-21-14(24)11-6-4-5-10-9-7-12-19(8-9)15(20(12,13(10)11)17(21)26)22(2)18(27)23(3)16(19)25/h4-6,9,12,15H,7-8H2,1-3H3. The normalized spacial score (nSPS) is 40.9. The number of hydrogen-bond acceptors (Lipinski definition) is 4. The Morgan fingerprint density at radius 1 is 1.00 bits per heavy atom. The van der Waals surface area contributed by atoms with E-state index in [1.54, 1.807) is 18.0 Å². The molecule has 2 aliphatic heterocycles. The Morgan fingerprint density at radius 3 is 2.48 bits per heavy atom. The second-order valence-corrected chi connectivity index (χ2v) is 8.70. The van der Waals surface area contributed by atoms with Gasteiger partial charge in [0.05, 0.1) is 11.5 Å². The maximum absolute atomic E-state index is 13.6. The molecule has 3 fully saturated rings. The number of amides is 5. The minimum absolute atomic E-state index is 0.144. The summed E-state index contributed by atoms with van der Waals surface area (Å²) in [6.07, 6.45) is 1.38. The van der Waals surface area contributed by atoms with Crippen LogP contribution in [0.5, 0.6) is 0 Å². The zero-order valence-corrected chi connectivity index (χ0v) is 15.4. The molecule has 138 valence electrons. The van der Waals surface area contributed by atoms with Crippen molar-refractivity contribution < 1.29 is 19.2 Å². The smallest absolute Gasteiger partial charge is 0.322 e. The first-order valence-corrected chi connectivity index (χ1v) is 9.30. The van der Waals surface area contributed by atoms with E-state index in [4.69, 9.17) is 0 Å². The van der Waals surface area contributed by atoms with Crippen molar-refractivity contribution in [3.05, 3.63) is 34.9 Å². The minimum Gasteiger partial charge on any atom is -0.322 e. The molecular formula is C20H19N3O4. The van der Waals surface area contributed by atoms with E-state index in [0.29, 0.717) is 12.0 Å². The summed E-state index contributed by atoms with van der Waals surface area (Å²) in [5.74, 6) is -0.756. The van der Waals surface area contributed by atoms with Crippen LogP contribution >= 0.6 is 0 Å². The van der Waals surface area contributed by atoms with Crippen LogP contribution in [0, 0.1) is 11.3 Å². The molecule has 1 saturated heterocycles. The molecule has 5 atom stereocenters. The average Bonchev–Trinajstić information content (AvgIpc) is 2.88. The lowest BCUT2D eigenvalue weighted by Crippen LogP contribution is -2.85. The number of urea groups is 1. The van der Waals surface area contributed by atoms with Gasteiger partial charge in [0.2, 0.25) is 11.8 Å². The van der Waals surface area contributed by atoms with Crippen LogP contribution in [0.4, 0.5) is 4.79 Å². The van der Waals surface area contributed by atoms with Gasteiger partial charge < -0.3 is 4.90 Å². The highest BCUT2D eigenvalue weighted by Crippen LogP contribution is 2.78. The number of rotatable bonds is 0. The minimum atomic E-state index is -0.983. The molecule has 5 amide bonds. The summed E-state index contributed by atoms with van der Waals surface area (Å²) in [7, 11) is 4.71. The number of carbonyl (C=O) groups is 4. The molecular weight excluding hydrogens is 346 g/mol. The second-order valence-electron chi connectivity index (χ2n) is 8.70. The molecule has 2 saturated carbocycles. The molecule has 6 rings (SSSR count). The molecule has 2 heterocycles. The van der Waals surface area contributed by atoms with Crippen LogP contribution in [0.2, 0.25) is 0 Å². The summed E-state index contributed by atoms with van der Waals surface area (Å²) >= 11 is 0. The molecule has 2 spiro atoms. The third kappa shape index (κ3) is 1.19. The van der Waals surface area contributed by atoms with Crippen molar-refractivity contribution >= 4 is 23.8 Å². The van der Waals surface area contributed by atoms with Gasteiger partial charge in [-0.1, -0.05) is 12.1 Å². The molecule has 5 unspecified atom stereocenters. The summed E-state index contributed by atoms with van der Waals surface area (Å²) in [6.45, 7) is 0. The summed E-state index contributed by atoms with van der Waals surface area (Å²) < 4.78 is 0. The number of carbonyl (C=O) groups excluding carboxylic acids is 4. The number of imide groups is 2. The van der Waals surface area contributed by atoms with E-state index in [1.165, 1.54) is 23.9 Å². The summed E-state index contributed by atoms with van der Waals surface area (Å²) in [5.41, 5.74) is 0.640. The molecule has 5 aliphatic rings. The summed E-state index contributed by atoms with van der Waals surface area (Å²) in [4.78, 5) is 56.5. The van der Waals surface area contributed by atoms with Crippen molar-refractivity contribution in [1.82, 2.24) is 14.7 Å². The van der Waals surface area contributed by atoms with Gasteiger partial charge in [-0.2, -0.15) is 0 Å². The monoisotopic (exact) mass is 365 g/mol. The highest BCUT2D eigenvalue weighted by atomic mass is 16.2. The molecule has 2 bridgehead atoms. The van der Waals surface area contributed by atoms with Gasteiger partial charge in [-0.3, -0.25) is 24.2 Å². The highest BCUT2D eigenvalue weighted by molar-refractivity contribution is 6.17. The van der Waals surface area contributed by atoms with Gasteiger partial charge in [0.25, 0.3) is 5.91 Å². The van der Waals surface area contributed by atoms with E-state index in [2.05, 4.69) is 0 Å². The Morgan fingerprint density at radius 2 is 1.74 bits per heavy atom. The van der Waals surface area contributed by atoms with Crippen LogP contribution in [0.25, 0.3) is 0 Å². The van der Waals surface area contributed by atoms with Crippen LogP contribution in [0.1, 0.15) is 40.2 Å². The van der Waals surface area contributed by atoms with Crippen LogP contribution < -0.4 is 0 Å². The largest absolute Gasteiger partial charge is 0.326 e. The average molecular weight is 365 g/mol. The SMILES string of the molecule is CN1C(=O)N(C)C2C3(CC4CC3C23C(=O)N(C)C(=O)c2cccc4c23)C1=O. The van der Waals surface area contributed by atoms with Crippen LogP contribution in [0.3, 0.4) is 0 Å². The number of benzene rings is 1. The highest BCUT2D eigenvalue weighted by Gasteiger charge is 2.86. The number of hydrogen-bond donors (Lipinski definition) is 0. The van der Waals surface area contributed by atoms with Crippen molar-refractivity contribution in [1.29, 1.82) is 0 Å². The first kappa shape index (κ1) is 15.4. The van der Waals surface area contributed by atoms with E-state index < -0.39 is 16.9 Å². The second kappa shape index (κ2) is 4.08. The fourth-order valence-corrected chi connectivity index (χ4v) is 7.30. The fraction of sp³-hybridized carbons (Fsp3) is 0.500. The molecule has 7 nitrogen and oxygen atoms in total. The lowest BCUT2D eigenvalue weighted by Gasteiger charge is -2.70. The Bertz CT molecular complexity index is 1020. The van der Waals surface area contributed by atoms with E-state index in [1.807, 2.05) is 12.1 Å². The molecule has 27 heavy (non-hydrogen) atoms. The first-order valence-electron chi connectivity index (χ1n) is 9.30. The van der Waals surface area contributed by atoms with Gasteiger partial charge >= 0.3 is 6.03 Å². The van der Waals surface area contributed by atoms with Gasteiger partial charge in [0.1, 0.15) is 5.41 Å². The van der Waals surface area contributed by atoms with E-state index >= 15 is 0 Å². The van der Waals surface area contributed by atoms with E-state index in [-0.39, 0.29) is 35.6 Å². The quantitative estimate of drug-likeness (QED) is 0.641.